The highest BCUT2D eigenvalue weighted by Gasteiger charge is 2.10. The summed E-state index contributed by atoms with van der Waals surface area (Å²) in [5.41, 5.74) is 0.864. The van der Waals surface area contributed by atoms with E-state index in [-0.39, 0.29) is 17.9 Å². The number of hydrogen-bond acceptors (Lipinski definition) is 3. The number of carbonyl (C=O) groups excluding carboxylic acids is 1. The van der Waals surface area contributed by atoms with Gasteiger partial charge in [-0.05, 0) is 29.3 Å². The zero-order chi connectivity index (χ0) is 13.6. The molecule has 0 N–H and O–H groups in total. The van der Waals surface area contributed by atoms with Gasteiger partial charge in [-0.3, -0.25) is 4.79 Å². The second kappa shape index (κ2) is 6.92. The first-order chi connectivity index (χ1) is 8.39. The highest BCUT2D eigenvalue weighted by Crippen LogP contribution is 2.10. The van der Waals surface area contributed by atoms with E-state index < -0.39 is 15.1 Å². The Bertz CT molecular complexity index is 533. The summed E-state index contributed by atoms with van der Waals surface area (Å²) in [5.74, 6) is -0.333. The summed E-state index contributed by atoms with van der Waals surface area (Å²) < 4.78 is 23.0. The molecule has 0 aliphatic carbocycles. The molecule has 1 rings (SSSR count). The molecule has 18 heavy (non-hydrogen) atoms. The molecule has 0 aliphatic rings. The molecule has 0 bridgehead atoms. The standard InChI is InChI=1S/C12H12Cl2O3S/c13-11-5-3-10(4-6-11)2-1-8-18(16,17)9-7-12(14)15/h1-6H,7-9H2. The number of rotatable bonds is 6. The van der Waals surface area contributed by atoms with Gasteiger partial charge in [-0.2, -0.15) is 0 Å². The smallest absolute Gasteiger partial charge is 0.222 e. The number of halogens is 2. The van der Waals surface area contributed by atoms with Gasteiger partial charge in [0, 0.05) is 11.4 Å². The summed E-state index contributed by atoms with van der Waals surface area (Å²) >= 11 is 10.8. The SMILES string of the molecule is O=C(Cl)CCS(=O)(=O)CC=Cc1ccc(Cl)cc1. The quantitative estimate of drug-likeness (QED) is 0.759. The Balaban J connectivity index is 2.53. The molecule has 0 saturated heterocycles. The molecule has 0 radical (unpaired) electrons. The molecule has 0 amide bonds. The van der Waals surface area contributed by atoms with Crippen molar-refractivity contribution in [1.29, 1.82) is 0 Å². The lowest BCUT2D eigenvalue weighted by molar-refractivity contribution is -0.111. The third kappa shape index (κ3) is 6.19. The minimum absolute atomic E-state index is 0.111. The fourth-order valence-corrected chi connectivity index (χ4v) is 2.61. The van der Waals surface area contributed by atoms with Gasteiger partial charge in [0.25, 0.3) is 0 Å². The van der Waals surface area contributed by atoms with Crippen LogP contribution in [-0.2, 0) is 14.6 Å². The van der Waals surface area contributed by atoms with Crippen molar-refractivity contribution in [1.82, 2.24) is 0 Å². The molecule has 0 unspecified atom stereocenters. The van der Waals surface area contributed by atoms with Crippen LogP contribution in [0.3, 0.4) is 0 Å². The van der Waals surface area contributed by atoms with E-state index >= 15 is 0 Å². The average molecular weight is 307 g/mol. The van der Waals surface area contributed by atoms with Gasteiger partial charge < -0.3 is 0 Å². The summed E-state index contributed by atoms with van der Waals surface area (Å²) in [6.45, 7) is 0. The minimum Gasteiger partial charge on any atom is -0.281 e. The number of hydrogen-bond donors (Lipinski definition) is 0. The van der Waals surface area contributed by atoms with Crippen LogP contribution >= 0.6 is 23.2 Å². The first-order valence-corrected chi connectivity index (χ1v) is 7.78. The molecular formula is C12H12Cl2O3S. The molecule has 0 heterocycles. The molecule has 0 aliphatic heterocycles. The maximum Gasteiger partial charge on any atom is 0.222 e. The number of sulfone groups is 1. The van der Waals surface area contributed by atoms with Crippen LogP contribution in [0.4, 0.5) is 0 Å². The van der Waals surface area contributed by atoms with Crippen molar-refractivity contribution in [3.8, 4) is 0 Å². The zero-order valence-electron chi connectivity index (χ0n) is 9.47. The summed E-state index contributed by atoms with van der Waals surface area (Å²) in [6.07, 6.45) is 3.08. The Morgan fingerprint density at radius 2 is 1.83 bits per heavy atom. The van der Waals surface area contributed by atoms with Crippen molar-refractivity contribution >= 4 is 44.4 Å². The van der Waals surface area contributed by atoms with Gasteiger partial charge >= 0.3 is 0 Å². The van der Waals surface area contributed by atoms with Gasteiger partial charge in [-0.25, -0.2) is 8.42 Å². The average Bonchev–Trinajstić information content (AvgIpc) is 2.29. The van der Waals surface area contributed by atoms with E-state index in [9.17, 15) is 13.2 Å². The highest BCUT2D eigenvalue weighted by atomic mass is 35.5. The Morgan fingerprint density at radius 1 is 1.22 bits per heavy atom. The maximum atomic E-state index is 11.5. The second-order valence-corrected chi connectivity index (χ2v) is 6.76. The largest absolute Gasteiger partial charge is 0.281 e. The molecule has 0 atom stereocenters. The van der Waals surface area contributed by atoms with Crippen molar-refractivity contribution in [2.75, 3.05) is 11.5 Å². The third-order valence-corrected chi connectivity index (χ3v) is 4.11. The number of carbonyl (C=O) groups is 1. The molecule has 0 saturated carbocycles. The molecule has 0 spiro atoms. The number of benzene rings is 1. The molecule has 1 aromatic rings. The van der Waals surface area contributed by atoms with Crippen molar-refractivity contribution in [3.63, 3.8) is 0 Å². The molecule has 6 heteroatoms. The van der Waals surface area contributed by atoms with E-state index in [1.807, 2.05) is 0 Å². The summed E-state index contributed by atoms with van der Waals surface area (Å²) in [7, 11) is -3.27. The van der Waals surface area contributed by atoms with Crippen LogP contribution < -0.4 is 0 Å². The van der Waals surface area contributed by atoms with Gasteiger partial charge in [0.1, 0.15) is 0 Å². The van der Waals surface area contributed by atoms with Crippen LogP contribution in [0.25, 0.3) is 6.08 Å². The van der Waals surface area contributed by atoms with Crippen LogP contribution in [0.15, 0.2) is 30.3 Å². The normalized spacial score (nSPS) is 11.9. The zero-order valence-corrected chi connectivity index (χ0v) is 11.8. The molecule has 98 valence electrons. The van der Waals surface area contributed by atoms with Crippen molar-refractivity contribution < 1.29 is 13.2 Å². The lowest BCUT2D eigenvalue weighted by atomic mass is 10.2. The van der Waals surface area contributed by atoms with Gasteiger partial charge in [0.05, 0.1) is 11.5 Å². The van der Waals surface area contributed by atoms with Crippen LogP contribution in [0, 0.1) is 0 Å². The molecule has 3 nitrogen and oxygen atoms in total. The summed E-state index contributed by atoms with van der Waals surface area (Å²) in [6, 6.07) is 7.02. The van der Waals surface area contributed by atoms with E-state index in [1.165, 1.54) is 6.08 Å². The fraction of sp³-hybridized carbons (Fsp3) is 0.250. The molecule has 1 aromatic carbocycles. The maximum absolute atomic E-state index is 11.5. The Hall–Kier alpha value is -0.840. The third-order valence-electron chi connectivity index (χ3n) is 2.14. The first-order valence-electron chi connectivity index (χ1n) is 5.20. The van der Waals surface area contributed by atoms with Crippen molar-refractivity contribution in [2.45, 2.75) is 6.42 Å². The Kier molecular flexibility index (Phi) is 5.85. The van der Waals surface area contributed by atoms with E-state index in [4.69, 9.17) is 23.2 Å². The Labute approximate surface area is 116 Å². The predicted molar refractivity (Wildman–Crippen MR) is 74.6 cm³/mol. The van der Waals surface area contributed by atoms with Crippen LogP contribution in [0.1, 0.15) is 12.0 Å². The van der Waals surface area contributed by atoms with E-state index in [0.29, 0.717) is 5.02 Å². The van der Waals surface area contributed by atoms with E-state index in [2.05, 4.69) is 0 Å². The van der Waals surface area contributed by atoms with E-state index in [1.54, 1.807) is 30.3 Å². The van der Waals surface area contributed by atoms with Gasteiger partial charge in [0.15, 0.2) is 9.84 Å². The topological polar surface area (TPSA) is 51.2 Å². The monoisotopic (exact) mass is 306 g/mol. The minimum atomic E-state index is -3.27. The molecule has 0 fully saturated rings. The van der Waals surface area contributed by atoms with E-state index in [0.717, 1.165) is 5.56 Å². The predicted octanol–water partition coefficient (Wildman–Crippen LogP) is 2.92. The van der Waals surface area contributed by atoms with Crippen molar-refractivity contribution in [3.05, 3.63) is 40.9 Å². The first kappa shape index (κ1) is 15.2. The lowest BCUT2D eigenvalue weighted by Gasteiger charge is -1.98. The fourth-order valence-electron chi connectivity index (χ4n) is 1.22. The van der Waals surface area contributed by atoms with Gasteiger partial charge in [-0.15, -0.1) is 0 Å². The van der Waals surface area contributed by atoms with Gasteiger partial charge in [-0.1, -0.05) is 35.9 Å². The lowest BCUT2D eigenvalue weighted by Crippen LogP contribution is -2.11. The Morgan fingerprint density at radius 3 is 2.39 bits per heavy atom. The van der Waals surface area contributed by atoms with Gasteiger partial charge in [0.2, 0.25) is 5.24 Å². The summed E-state index contributed by atoms with van der Waals surface area (Å²) in [5, 5.41) is -0.0133. The highest BCUT2D eigenvalue weighted by molar-refractivity contribution is 7.91. The van der Waals surface area contributed by atoms with Crippen LogP contribution in [0.5, 0.6) is 0 Å². The van der Waals surface area contributed by atoms with Crippen LogP contribution in [0.2, 0.25) is 5.02 Å². The second-order valence-electron chi connectivity index (χ2n) is 3.67. The molecular weight excluding hydrogens is 295 g/mol. The molecule has 0 aromatic heterocycles. The van der Waals surface area contributed by atoms with Crippen LogP contribution in [-0.4, -0.2) is 25.2 Å². The summed E-state index contributed by atoms with van der Waals surface area (Å²) in [4.78, 5) is 10.5. The van der Waals surface area contributed by atoms with Crippen molar-refractivity contribution in [2.24, 2.45) is 0 Å².